The molecule has 4 aromatic carbocycles. The predicted octanol–water partition coefficient (Wildman–Crippen LogP) is 7.04. The van der Waals surface area contributed by atoms with Crippen LogP contribution in [0.3, 0.4) is 0 Å². The number of hydrogen-bond donors (Lipinski definition) is 6. The zero-order valence-corrected chi connectivity index (χ0v) is 35.7. The Bertz CT molecular complexity index is 2890. The first kappa shape index (κ1) is 46.7. The average Bonchev–Trinajstić information content (AvgIpc) is 3.65. The first-order chi connectivity index (χ1) is 27.8. The Morgan fingerprint density at radius 1 is 0.683 bits per heavy atom. The topological polar surface area (TPSA) is 301 Å². The maximum absolute atomic E-state index is 12.0. The molecule has 6 rings (SSSR count). The fourth-order valence-electron chi connectivity index (χ4n) is 5.04. The van der Waals surface area contributed by atoms with Crippen molar-refractivity contribution in [3.8, 4) is 34.6 Å². The van der Waals surface area contributed by atoms with Gasteiger partial charge in [-0.25, -0.2) is 26.3 Å². The van der Waals surface area contributed by atoms with Gasteiger partial charge in [-0.1, -0.05) is 35.3 Å². The Hall–Kier alpha value is -5.97. The molecule has 6 N–H and O–H groups in total. The normalized spacial score (nSPS) is 11.7. The number of nitrogens with zero attached hydrogens (tertiary/aromatic N) is 9. The molecule has 0 aliphatic heterocycles. The molecule has 26 heteroatoms. The summed E-state index contributed by atoms with van der Waals surface area (Å²) in [6, 6.07) is 18.9. The molecule has 0 saturated heterocycles. The van der Waals surface area contributed by atoms with Gasteiger partial charge in [-0.3, -0.25) is 10.1 Å². The van der Waals surface area contributed by atoms with Crippen LogP contribution in [0.25, 0.3) is 11.4 Å². The Morgan fingerprint density at radius 3 is 1.58 bits per heavy atom. The fourth-order valence-corrected chi connectivity index (χ4v) is 7.05. The molecule has 2 aromatic heterocycles. The molecule has 0 bridgehead atoms. The van der Waals surface area contributed by atoms with Gasteiger partial charge >= 0.3 is 5.69 Å². The van der Waals surface area contributed by atoms with Crippen molar-refractivity contribution in [2.45, 2.75) is 23.6 Å². The van der Waals surface area contributed by atoms with Crippen molar-refractivity contribution in [3.05, 3.63) is 110 Å². The van der Waals surface area contributed by atoms with Gasteiger partial charge in [0, 0.05) is 33.5 Å². The van der Waals surface area contributed by atoms with E-state index in [1.54, 1.807) is 62.4 Å². The fraction of sp³-hybridized carbons (Fsp3) is 0.118. The van der Waals surface area contributed by atoms with E-state index >= 15 is 0 Å². The molecule has 60 heavy (non-hydrogen) atoms. The Morgan fingerprint density at radius 2 is 1.15 bits per heavy atom. The van der Waals surface area contributed by atoms with Crippen molar-refractivity contribution in [2.75, 3.05) is 14.1 Å². The van der Waals surface area contributed by atoms with E-state index in [9.17, 15) is 47.4 Å². The maximum atomic E-state index is 12.0. The smallest absolute Gasteiger partial charge is 0.332 e. The number of aryl methyl sites for hydroxylation is 2. The number of hydrogen-bond acceptors (Lipinski definition) is 16. The number of rotatable bonds is 11. The summed E-state index contributed by atoms with van der Waals surface area (Å²) < 4.78 is 54.0. The quantitative estimate of drug-likeness (QED) is 0.0433. The second kappa shape index (κ2) is 19.0. The Labute approximate surface area is 361 Å². The van der Waals surface area contributed by atoms with E-state index in [-0.39, 0.29) is 68.2 Å². The van der Waals surface area contributed by atoms with Crippen LogP contribution in [-0.4, -0.2) is 75.8 Å². The van der Waals surface area contributed by atoms with Crippen molar-refractivity contribution < 1.29 is 59.5 Å². The van der Waals surface area contributed by atoms with E-state index in [0.717, 1.165) is 25.2 Å². The van der Waals surface area contributed by atoms with Gasteiger partial charge < -0.3 is 20.4 Å². The molecule has 21 nitrogen and oxygen atoms in total. The molecule has 6 aromatic rings. The summed E-state index contributed by atoms with van der Waals surface area (Å²) in [6.07, 6.45) is 0. The summed E-state index contributed by atoms with van der Waals surface area (Å²) in [7, 11) is -5.56. The summed E-state index contributed by atoms with van der Waals surface area (Å²) in [6.45, 7) is 3.18. The second-order valence-electron chi connectivity index (χ2n) is 11.8. The second-order valence-corrected chi connectivity index (χ2v) is 16.4. The number of nitrogens with one attached hydrogen (secondary N) is 2. The van der Waals surface area contributed by atoms with Crippen LogP contribution in [0.4, 0.5) is 28.4 Å². The van der Waals surface area contributed by atoms with Crippen molar-refractivity contribution in [3.63, 3.8) is 0 Å². The molecular formula is C34H31Cl2CrN11O10S2. The standard InChI is InChI=1S/C17H15ClN6O6S.C17H16ClN5O4S.Cr/c1-9-14(17(26)23(22-9)11-5-3-4-10(18)8-11)21-20-12-6-7-13(31(29,30)19-2)15(16(12)25)24(27)28;1-10-16(17(25)23(22-10)12-5-3-4-11(18)8-12)21-20-14-7-6-13(9-15(14)24)28(26,27)19-2;/h3-8,19,25-26H,1-2H3;3-9,19,24-25H,1-2H3;. The summed E-state index contributed by atoms with van der Waals surface area (Å²) >= 11 is 11.9. The Kier molecular flexibility index (Phi) is 14.8. The summed E-state index contributed by atoms with van der Waals surface area (Å²) in [5, 5.41) is 77.2. The van der Waals surface area contributed by atoms with E-state index in [1.165, 1.54) is 28.5 Å². The van der Waals surface area contributed by atoms with Crippen LogP contribution in [-0.2, 0) is 37.4 Å². The number of aromatic hydroxyl groups is 4. The minimum Gasteiger partial charge on any atom is -0.506 e. The first-order valence-corrected chi connectivity index (χ1v) is 20.1. The van der Waals surface area contributed by atoms with Gasteiger partial charge in [0.05, 0.1) is 32.6 Å². The molecule has 0 fully saturated rings. The zero-order chi connectivity index (χ0) is 43.4. The monoisotopic (exact) mass is 939 g/mol. The van der Waals surface area contributed by atoms with Gasteiger partial charge in [0.15, 0.2) is 16.3 Å². The van der Waals surface area contributed by atoms with Crippen LogP contribution < -0.4 is 9.44 Å². The van der Waals surface area contributed by atoms with Crippen LogP contribution in [0, 0.1) is 24.0 Å². The molecule has 0 aliphatic rings. The summed E-state index contributed by atoms with van der Waals surface area (Å²) in [4.78, 5) is 9.46. The minimum atomic E-state index is -4.21. The third-order valence-corrected chi connectivity index (χ3v) is 11.3. The van der Waals surface area contributed by atoms with Crippen molar-refractivity contribution in [1.29, 1.82) is 0 Å². The number of benzene rings is 4. The largest absolute Gasteiger partial charge is 0.506 e. The van der Waals surface area contributed by atoms with Crippen molar-refractivity contribution >= 4 is 71.7 Å². The zero-order valence-electron chi connectivity index (χ0n) is 31.2. The number of halogens is 2. The number of sulfonamides is 2. The van der Waals surface area contributed by atoms with Crippen molar-refractivity contribution in [2.24, 2.45) is 20.5 Å². The van der Waals surface area contributed by atoms with Gasteiger partial charge in [-0.2, -0.15) is 19.6 Å². The number of nitro groups is 1. The molecule has 2 heterocycles. The predicted molar refractivity (Wildman–Crippen MR) is 214 cm³/mol. The van der Waals surface area contributed by atoms with Crippen molar-refractivity contribution in [1.82, 2.24) is 29.0 Å². The van der Waals surface area contributed by atoms with Crippen LogP contribution in [0.5, 0.6) is 23.3 Å². The third kappa shape index (κ3) is 10.1. The third-order valence-electron chi connectivity index (χ3n) is 7.99. The van der Waals surface area contributed by atoms with Gasteiger partial charge in [-0.05, 0) is 88.6 Å². The number of nitro benzene ring substituents is 1. The van der Waals surface area contributed by atoms with Crippen LogP contribution in [0.1, 0.15) is 11.4 Å². The van der Waals surface area contributed by atoms with Gasteiger partial charge in [0.2, 0.25) is 37.6 Å². The molecule has 0 atom stereocenters. The number of phenols is 2. The van der Waals surface area contributed by atoms with Crippen LogP contribution in [0.2, 0.25) is 10.0 Å². The number of azo groups is 2. The van der Waals surface area contributed by atoms with E-state index in [1.807, 2.05) is 4.72 Å². The molecule has 0 aliphatic carbocycles. The molecular weight excluding hydrogens is 909 g/mol. The van der Waals surface area contributed by atoms with E-state index in [2.05, 4.69) is 35.4 Å². The molecule has 0 spiro atoms. The average molecular weight is 941 g/mol. The minimum absolute atomic E-state index is 0. The number of aromatic nitrogens is 4. The molecule has 0 unspecified atom stereocenters. The van der Waals surface area contributed by atoms with Gasteiger partial charge in [0.25, 0.3) is 0 Å². The molecule has 0 radical (unpaired) electrons. The summed E-state index contributed by atoms with van der Waals surface area (Å²) in [5.74, 6) is -2.01. The maximum Gasteiger partial charge on any atom is 0.332 e. The molecule has 314 valence electrons. The van der Waals surface area contributed by atoms with Gasteiger partial charge in [-0.15, -0.1) is 20.5 Å². The first-order valence-electron chi connectivity index (χ1n) is 16.4. The van der Waals surface area contributed by atoms with E-state index in [0.29, 0.717) is 27.1 Å². The van der Waals surface area contributed by atoms with E-state index in [4.69, 9.17) is 23.2 Å². The number of phenolic OH excluding ortho intramolecular Hbond substituents is 2. The summed E-state index contributed by atoms with van der Waals surface area (Å²) in [5.41, 5.74) is 0.301. The van der Waals surface area contributed by atoms with Gasteiger partial charge in [0.1, 0.15) is 17.1 Å². The Balaban J connectivity index is 0.000000262. The molecule has 0 amide bonds. The van der Waals surface area contributed by atoms with E-state index < -0.39 is 41.3 Å². The SMILES string of the molecule is CNS(=O)(=O)c1ccc(N=Nc2c(C)nn(-c3cccc(Cl)c3)c2O)c(O)c1.CNS(=O)(=O)c1ccc(N=Nc2c(C)nn(-c3cccc(Cl)c3)c2O)c(O)c1[N+](=O)[O-].[Cr]. The molecule has 0 saturated carbocycles. The van der Waals surface area contributed by atoms with Crippen LogP contribution in [0.15, 0.2) is 109 Å². The van der Waals surface area contributed by atoms with Crippen LogP contribution >= 0.6 is 23.2 Å².